The van der Waals surface area contributed by atoms with Gasteiger partial charge in [0.25, 0.3) is 5.91 Å². The van der Waals surface area contributed by atoms with Gasteiger partial charge in [0.15, 0.2) is 11.5 Å². The minimum Gasteiger partial charge on any atom is -0.497 e. The highest BCUT2D eigenvalue weighted by Gasteiger charge is 2.34. The Kier molecular flexibility index (Phi) is 8.23. The van der Waals surface area contributed by atoms with Gasteiger partial charge in [0.2, 0.25) is 5.95 Å². The maximum atomic E-state index is 13.8. The van der Waals surface area contributed by atoms with Crippen LogP contribution in [0.1, 0.15) is 24.1 Å². The Morgan fingerprint density at radius 3 is 2.44 bits per heavy atom. The Hall–Kier alpha value is -4.41. The van der Waals surface area contributed by atoms with Crippen LogP contribution in [0.5, 0.6) is 23.0 Å². The molecule has 3 aromatic carbocycles. The number of rotatable bonds is 9. The summed E-state index contributed by atoms with van der Waals surface area (Å²) in [5, 5.41) is 11.5. The number of methoxy groups -OCH3 is 3. The van der Waals surface area contributed by atoms with Gasteiger partial charge in [0, 0.05) is 27.4 Å². The number of ether oxygens (including phenoxy) is 4. The van der Waals surface area contributed by atoms with E-state index in [9.17, 15) is 4.79 Å². The topological polar surface area (TPSA) is 109 Å². The van der Waals surface area contributed by atoms with E-state index in [1.54, 1.807) is 67.4 Å². The fourth-order valence-corrected chi connectivity index (χ4v) is 5.08. The van der Waals surface area contributed by atoms with Gasteiger partial charge in [0.1, 0.15) is 30.5 Å². The van der Waals surface area contributed by atoms with Crippen LogP contribution in [0.15, 0.2) is 72.2 Å². The van der Waals surface area contributed by atoms with Crippen LogP contribution in [0.4, 0.5) is 11.6 Å². The minimum atomic E-state index is -0.626. The van der Waals surface area contributed by atoms with Crippen molar-refractivity contribution in [2.24, 2.45) is 0 Å². The summed E-state index contributed by atoms with van der Waals surface area (Å²) in [4.78, 5) is 18.1. The highest BCUT2D eigenvalue weighted by Crippen LogP contribution is 2.40. The molecule has 0 fully saturated rings. The van der Waals surface area contributed by atoms with Gasteiger partial charge < -0.3 is 29.6 Å². The number of anilines is 2. The van der Waals surface area contributed by atoms with Gasteiger partial charge in [-0.05, 0) is 48.9 Å². The molecule has 0 spiro atoms. The van der Waals surface area contributed by atoms with Crippen molar-refractivity contribution in [3.05, 3.63) is 93.4 Å². The lowest BCUT2D eigenvalue weighted by Crippen LogP contribution is -2.31. The standard InChI is InChI=1S/C29H27Cl2N5O5/c1-16-26(28(37)35-22-10-9-18(38-2)13-24(22)39-3)27(36-29(34-16)32-15-33-36)17-8-11-23(25(12-17)40-4)41-14-19-20(30)6-5-7-21(19)31/h5-13,15,27H,14H2,1-4H3,(H,35,37)(H,32,33,34)/t27-/m1/s1. The van der Waals surface area contributed by atoms with Gasteiger partial charge in [-0.15, -0.1) is 0 Å². The molecule has 5 rings (SSSR count). The summed E-state index contributed by atoms with van der Waals surface area (Å²) >= 11 is 12.6. The zero-order valence-electron chi connectivity index (χ0n) is 22.7. The molecule has 1 aromatic heterocycles. The Morgan fingerprint density at radius 1 is 0.976 bits per heavy atom. The molecule has 1 amide bonds. The second-order valence-corrected chi connectivity index (χ2v) is 9.83. The van der Waals surface area contributed by atoms with Gasteiger partial charge in [-0.1, -0.05) is 35.3 Å². The smallest absolute Gasteiger partial charge is 0.255 e. The first-order valence-electron chi connectivity index (χ1n) is 12.5. The number of hydrogen-bond donors (Lipinski definition) is 2. The first-order chi connectivity index (χ1) is 19.8. The van der Waals surface area contributed by atoms with Crippen molar-refractivity contribution in [3.8, 4) is 23.0 Å². The molecule has 12 heteroatoms. The van der Waals surface area contributed by atoms with Crippen LogP contribution in [-0.4, -0.2) is 42.0 Å². The van der Waals surface area contributed by atoms with E-state index < -0.39 is 6.04 Å². The molecular formula is C29H27Cl2N5O5. The van der Waals surface area contributed by atoms with Gasteiger partial charge in [-0.3, -0.25) is 4.79 Å². The van der Waals surface area contributed by atoms with Crippen molar-refractivity contribution >= 4 is 40.7 Å². The molecule has 1 atom stereocenters. The number of halogens is 2. The summed E-state index contributed by atoms with van der Waals surface area (Å²) in [6, 6.07) is 15.2. The first kappa shape index (κ1) is 28.1. The maximum absolute atomic E-state index is 13.8. The fraction of sp³-hybridized carbons (Fsp3) is 0.207. The molecule has 0 aliphatic carbocycles. The molecule has 1 aliphatic heterocycles. The molecule has 0 saturated carbocycles. The van der Waals surface area contributed by atoms with Crippen LogP contribution in [0.25, 0.3) is 0 Å². The van der Waals surface area contributed by atoms with Crippen molar-refractivity contribution in [1.29, 1.82) is 0 Å². The summed E-state index contributed by atoms with van der Waals surface area (Å²) in [6.07, 6.45) is 1.43. The van der Waals surface area contributed by atoms with E-state index in [4.69, 9.17) is 42.1 Å². The molecule has 0 unspecified atom stereocenters. The van der Waals surface area contributed by atoms with Crippen molar-refractivity contribution < 1.29 is 23.7 Å². The third kappa shape index (κ3) is 5.61. The SMILES string of the molecule is COc1ccc(NC(=O)C2=C(C)Nc3ncnn3[C@@H]2c2ccc(OCc3c(Cl)cccc3Cl)c(OC)c2)c(OC)c1. The lowest BCUT2D eigenvalue weighted by Gasteiger charge is -2.29. The predicted octanol–water partition coefficient (Wildman–Crippen LogP) is 6.12. The second-order valence-electron chi connectivity index (χ2n) is 9.01. The largest absolute Gasteiger partial charge is 0.497 e. The summed E-state index contributed by atoms with van der Waals surface area (Å²) in [7, 11) is 4.63. The monoisotopic (exact) mass is 595 g/mol. The molecule has 2 N–H and O–H groups in total. The van der Waals surface area contributed by atoms with Gasteiger partial charge >= 0.3 is 0 Å². The molecule has 41 heavy (non-hydrogen) atoms. The van der Waals surface area contributed by atoms with E-state index in [0.29, 0.717) is 61.5 Å². The van der Waals surface area contributed by atoms with E-state index >= 15 is 0 Å². The predicted molar refractivity (Wildman–Crippen MR) is 156 cm³/mol. The van der Waals surface area contributed by atoms with Crippen LogP contribution in [-0.2, 0) is 11.4 Å². The van der Waals surface area contributed by atoms with Crippen molar-refractivity contribution in [1.82, 2.24) is 14.8 Å². The number of nitrogens with zero attached hydrogens (tertiary/aromatic N) is 3. The number of nitrogens with one attached hydrogen (secondary N) is 2. The highest BCUT2D eigenvalue weighted by atomic mass is 35.5. The van der Waals surface area contributed by atoms with Crippen LogP contribution in [0.2, 0.25) is 10.0 Å². The number of benzene rings is 3. The quantitative estimate of drug-likeness (QED) is 0.238. The number of fused-ring (bicyclic) bond motifs is 1. The van der Waals surface area contributed by atoms with Crippen LogP contribution < -0.4 is 29.6 Å². The number of allylic oxidation sites excluding steroid dienone is 1. The molecule has 212 valence electrons. The third-order valence-corrected chi connectivity index (χ3v) is 7.34. The molecular weight excluding hydrogens is 569 g/mol. The lowest BCUT2D eigenvalue weighted by molar-refractivity contribution is -0.113. The minimum absolute atomic E-state index is 0.144. The van der Waals surface area contributed by atoms with Crippen LogP contribution in [0, 0.1) is 0 Å². The fourth-order valence-electron chi connectivity index (χ4n) is 4.58. The van der Waals surface area contributed by atoms with Crippen LogP contribution >= 0.6 is 23.2 Å². The molecule has 0 saturated heterocycles. The molecule has 4 aromatic rings. The number of aromatic nitrogens is 3. The highest BCUT2D eigenvalue weighted by molar-refractivity contribution is 6.35. The Morgan fingerprint density at radius 2 is 1.73 bits per heavy atom. The Bertz CT molecular complexity index is 1620. The number of hydrogen-bond acceptors (Lipinski definition) is 8. The molecule has 10 nitrogen and oxygen atoms in total. The van der Waals surface area contributed by atoms with Crippen molar-refractivity contribution in [3.63, 3.8) is 0 Å². The van der Waals surface area contributed by atoms with Crippen molar-refractivity contribution in [2.45, 2.75) is 19.6 Å². The lowest BCUT2D eigenvalue weighted by atomic mass is 9.94. The average Bonchev–Trinajstić information content (AvgIpc) is 3.44. The van der Waals surface area contributed by atoms with E-state index in [2.05, 4.69) is 20.7 Å². The van der Waals surface area contributed by atoms with Gasteiger partial charge in [-0.25, -0.2) is 4.68 Å². The Labute approximate surface area is 246 Å². The summed E-state index contributed by atoms with van der Waals surface area (Å²) in [6.45, 7) is 1.96. The number of carbonyl (C=O) groups excluding carboxylic acids is 1. The molecule has 0 bridgehead atoms. The zero-order valence-corrected chi connectivity index (χ0v) is 24.2. The summed E-state index contributed by atoms with van der Waals surface area (Å²) < 4.78 is 24.1. The van der Waals surface area contributed by atoms with Crippen molar-refractivity contribution in [2.75, 3.05) is 32.0 Å². The third-order valence-electron chi connectivity index (χ3n) is 6.63. The number of amides is 1. The molecule has 0 radical (unpaired) electrons. The average molecular weight is 596 g/mol. The first-order valence-corrected chi connectivity index (χ1v) is 13.2. The number of carbonyl (C=O) groups is 1. The van der Waals surface area contributed by atoms with E-state index in [1.807, 2.05) is 13.0 Å². The van der Waals surface area contributed by atoms with E-state index in [-0.39, 0.29) is 12.5 Å². The van der Waals surface area contributed by atoms with Gasteiger partial charge in [0.05, 0.1) is 32.6 Å². The van der Waals surface area contributed by atoms with E-state index in [1.165, 1.54) is 13.4 Å². The molecule has 2 heterocycles. The van der Waals surface area contributed by atoms with Crippen LogP contribution in [0.3, 0.4) is 0 Å². The second kappa shape index (κ2) is 12.0. The Balaban J connectivity index is 1.48. The summed E-state index contributed by atoms with van der Waals surface area (Å²) in [5.41, 5.74) is 2.93. The summed E-state index contributed by atoms with van der Waals surface area (Å²) in [5.74, 6) is 2.15. The normalized spacial score (nSPS) is 14.1. The van der Waals surface area contributed by atoms with E-state index in [0.717, 1.165) is 5.56 Å². The van der Waals surface area contributed by atoms with Gasteiger partial charge in [-0.2, -0.15) is 10.1 Å². The maximum Gasteiger partial charge on any atom is 0.255 e. The zero-order chi connectivity index (χ0) is 29.1. The molecule has 1 aliphatic rings.